The highest BCUT2D eigenvalue weighted by Gasteiger charge is 2.28. The van der Waals surface area contributed by atoms with Crippen LogP contribution in [0.4, 0.5) is 9.18 Å². The third-order valence-corrected chi connectivity index (χ3v) is 8.92. The molecule has 1 aliphatic rings. The molecule has 4 aromatic heterocycles. The van der Waals surface area contributed by atoms with Gasteiger partial charge in [-0.05, 0) is 88.6 Å². The van der Waals surface area contributed by atoms with Gasteiger partial charge < -0.3 is 18.8 Å². The Morgan fingerprint density at radius 2 is 1.77 bits per heavy atom. The van der Waals surface area contributed by atoms with Gasteiger partial charge in [-0.1, -0.05) is 23.7 Å². The number of hydrogen-bond donors (Lipinski definition) is 0. The molecule has 0 bridgehead atoms. The average Bonchev–Trinajstić information content (AvgIpc) is 3.82. The van der Waals surface area contributed by atoms with Crippen LogP contribution in [0.1, 0.15) is 68.0 Å². The van der Waals surface area contributed by atoms with E-state index >= 15 is 0 Å². The topological polar surface area (TPSA) is 121 Å². The number of aryl methyl sites for hydroxylation is 3. The molecule has 48 heavy (non-hydrogen) atoms. The summed E-state index contributed by atoms with van der Waals surface area (Å²) in [5, 5.41) is 9.53. The van der Waals surface area contributed by atoms with Gasteiger partial charge in [0.1, 0.15) is 16.6 Å². The monoisotopic (exact) mass is 693 g/mol. The first kappa shape index (κ1) is 34.9. The lowest BCUT2D eigenvalue weighted by Crippen LogP contribution is -2.34. The molecule has 5 heterocycles. The van der Waals surface area contributed by atoms with Crippen LogP contribution in [0.2, 0.25) is 5.15 Å². The van der Waals surface area contributed by atoms with E-state index in [4.69, 9.17) is 25.5 Å². The van der Waals surface area contributed by atoms with Gasteiger partial charge in [-0.25, -0.2) is 19.0 Å². The zero-order valence-corrected chi connectivity index (χ0v) is 29.1. The van der Waals surface area contributed by atoms with Crippen molar-refractivity contribution in [1.29, 1.82) is 0 Å². The average molecular weight is 694 g/mol. The number of hydrogen-bond acceptors (Lipinski definition) is 10. The maximum Gasteiger partial charge on any atom is 0.410 e. The third kappa shape index (κ3) is 8.53. The molecule has 1 aliphatic heterocycles. The molecule has 10 nitrogen and oxygen atoms in total. The predicted molar refractivity (Wildman–Crippen MR) is 183 cm³/mol. The molecule has 1 aromatic carbocycles. The zero-order valence-electron chi connectivity index (χ0n) is 27.5. The minimum atomic E-state index is -0.510. The molecule has 0 atom stereocenters. The molecule has 13 heteroatoms. The Morgan fingerprint density at radius 1 is 1.04 bits per heavy atom. The maximum absolute atomic E-state index is 13.4. The molecule has 1 fully saturated rings. The lowest BCUT2D eigenvalue weighted by Gasteiger charge is -2.23. The molecule has 0 spiro atoms. The van der Waals surface area contributed by atoms with Crippen molar-refractivity contribution < 1.29 is 27.9 Å². The van der Waals surface area contributed by atoms with Gasteiger partial charge in [0.05, 0.1) is 28.1 Å². The van der Waals surface area contributed by atoms with Gasteiger partial charge >= 0.3 is 12.1 Å². The molecule has 0 radical (unpaired) electrons. The van der Waals surface area contributed by atoms with Crippen LogP contribution in [-0.4, -0.2) is 62.4 Å². The third-order valence-electron chi connectivity index (χ3n) is 7.35. The molecular formula is C35H37ClFN5O5S. The molecule has 5 aromatic rings. The van der Waals surface area contributed by atoms with E-state index in [1.807, 2.05) is 32.9 Å². The van der Waals surface area contributed by atoms with E-state index < -0.39 is 5.97 Å². The van der Waals surface area contributed by atoms with Gasteiger partial charge in [0.2, 0.25) is 11.8 Å². The Balaban J connectivity index is 0.000000318. The van der Waals surface area contributed by atoms with Crippen molar-refractivity contribution in [2.75, 3.05) is 19.7 Å². The molecule has 6 rings (SSSR count). The molecule has 0 N–H and O–H groups in total. The van der Waals surface area contributed by atoms with Gasteiger partial charge in [-0.3, -0.25) is 4.98 Å². The van der Waals surface area contributed by atoms with Crippen molar-refractivity contribution in [1.82, 2.24) is 25.1 Å². The van der Waals surface area contributed by atoms with Crippen LogP contribution >= 0.6 is 22.9 Å². The second kappa shape index (κ2) is 15.2. The fourth-order valence-electron chi connectivity index (χ4n) is 5.18. The zero-order chi connectivity index (χ0) is 34.4. The number of amides is 1. The number of pyridine rings is 2. The lowest BCUT2D eigenvalue weighted by molar-refractivity contribution is 0.0294. The number of aromatic nitrogens is 4. The minimum Gasteiger partial charge on any atom is -0.462 e. The molecule has 252 valence electrons. The maximum atomic E-state index is 13.4. The van der Waals surface area contributed by atoms with Crippen LogP contribution in [0, 0.1) is 12.7 Å². The van der Waals surface area contributed by atoms with E-state index in [1.165, 1.54) is 29.7 Å². The minimum absolute atomic E-state index is 0.167. The van der Waals surface area contributed by atoms with E-state index in [9.17, 15) is 14.0 Å². The standard InChI is InChI=1S/C26H20ClFN4O3S.C9H17NO2/c1-3-34-26(33)18-13-30-19(9-6-15-4-7-17(28)8-5-15)22(25-32-31-14(2)35-25)21(18)20-12-16-10-11-29-24(27)23(16)36-20;1-9(2,3)12-8(11)10-6-4-5-7-10/h4-5,7-8,10-13H,3,6,9H2,1-2H3;4-7H2,1-3H3. The number of likely N-dealkylation sites (tertiary alicyclic amines) is 1. The van der Waals surface area contributed by atoms with Crippen LogP contribution in [0.25, 0.3) is 32.0 Å². The number of nitrogens with zero attached hydrogens (tertiary/aromatic N) is 5. The van der Waals surface area contributed by atoms with E-state index in [1.54, 1.807) is 37.1 Å². The Bertz CT molecular complexity index is 1900. The van der Waals surface area contributed by atoms with Crippen molar-refractivity contribution in [2.45, 2.75) is 65.9 Å². The number of ether oxygens (including phenoxy) is 2. The Labute approximate surface area is 287 Å². The number of benzene rings is 1. The van der Waals surface area contributed by atoms with E-state index in [0.29, 0.717) is 40.7 Å². The van der Waals surface area contributed by atoms with Crippen molar-refractivity contribution >= 4 is 45.1 Å². The second-order valence-corrected chi connectivity index (χ2v) is 13.6. The Morgan fingerprint density at radius 3 is 2.40 bits per heavy atom. The van der Waals surface area contributed by atoms with Gasteiger partial charge in [-0.2, -0.15) is 0 Å². The van der Waals surface area contributed by atoms with Gasteiger partial charge in [0.25, 0.3) is 0 Å². The highest BCUT2D eigenvalue weighted by Crippen LogP contribution is 2.43. The number of fused-ring (bicyclic) bond motifs is 1. The highest BCUT2D eigenvalue weighted by molar-refractivity contribution is 7.22. The van der Waals surface area contributed by atoms with Crippen LogP contribution in [-0.2, 0) is 22.3 Å². The summed E-state index contributed by atoms with van der Waals surface area (Å²) in [6, 6.07) is 10.1. The Kier molecular flexibility index (Phi) is 11.1. The van der Waals surface area contributed by atoms with Crippen LogP contribution in [0.3, 0.4) is 0 Å². The first-order chi connectivity index (χ1) is 22.9. The van der Waals surface area contributed by atoms with Crippen LogP contribution in [0.5, 0.6) is 0 Å². The van der Waals surface area contributed by atoms with Crippen molar-refractivity contribution in [3.63, 3.8) is 0 Å². The number of esters is 1. The highest BCUT2D eigenvalue weighted by atomic mass is 35.5. The fourth-order valence-corrected chi connectivity index (χ4v) is 6.57. The summed E-state index contributed by atoms with van der Waals surface area (Å²) in [5.41, 5.74) is 2.66. The molecule has 0 aliphatic carbocycles. The van der Waals surface area contributed by atoms with Gasteiger partial charge in [0, 0.05) is 42.8 Å². The summed E-state index contributed by atoms with van der Waals surface area (Å²) in [7, 11) is 0. The quantitative estimate of drug-likeness (QED) is 0.122. The van der Waals surface area contributed by atoms with Crippen molar-refractivity contribution in [3.05, 3.63) is 82.5 Å². The van der Waals surface area contributed by atoms with E-state index in [2.05, 4.69) is 20.2 Å². The number of thiophene rings is 1. The number of rotatable bonds is 7. The Hall–Kier alpha value is -4.42. The van der Waals surface area contributed by atoms with Crippen molar-refractivity contribution in [2.24, 2.45) is 0 Å². The predicted octanol–water partition coefficient (Wildman–Crippen LogP) is 8.49. The van der Waals surface area contributed by atoms with Crippen LogP contribution < -0.4 is 0 Å². The summed E-state index contributed by atoms with van der Waals surface area (Å²) in [6.07, 6.45) is 6.29. The SMILES string of the molecule is CC(C)(C)OC(=O)N1CCCC1.CCOC(=O)c1cnc(CCc2ccc(F)cc2)c(-c2nnc(C)o2)c1-c1cc2ccnc(Cl)c2s1. The fraction of sp³-hybridized carbons (Fsp3) is 0.371. The summed E-state index contributed by atoms with van der Waals surface area (Å²) in [4.78, 5) is 35.7. The summed E-state index contributed by atoms with van der Waals surface area (Å²) in [6.45, 7) is 11.0. The van der Waals surface area contributed by atoms with E-state index in [-0.39, 0.29) is 35.6 Å². The van der Waals surface area contributed by atoms with Gasteiger partial charge in [0.15, 0.2) is 0 Å². The summed E-state index contributed by atoms with van der Waals surface area (Å²) in [5.74, 6) is -0.176. The normalized spacial score (nSPS) is 12.9. The molecule has 1 amide bonds. The van der Waals surface area contributed by atoms with Crippen molar-refractivity contribution in [3.8, 4) is 21.9 Å². The first-order valence-electron chi connectivity index (χ1n) is 15.7. The first-order valence-corrected chi connectivity index (χ1v) is 16.9. The number of carbonyl (C=O) groups excluding carboxylic acids is 2. The summed E-state index contributed by atoms with van der Waals surface area (Å²) < 4.78 is 30.6. The number of carbonyl (C=O) groups is 2. The summed E-state index contributed by atoms with van der Waals surface area (Å²) >= 11 is 7.76. The second-order valence-electron chi connectivity index (χ2n) is 12.1. The smallest absolute Gasteiger partial charge is 0.410 e. The lowest BCUT2D eigenvalue weighted by atomic mass is 9.96. The molecular weight excluding hydrogens is 657 g/mol. The largest absolute Gasteiger partial charge is 0.462 e. The molecule has 1 saturated heterocycles. The molecule has 0 unspecified atom stereocenters. The number of halogens is 2. The van der Waals surface area contributed by atoms with E-state index in [0.717, 1.165) is 46.5 Å². The van der Waals surface area contributed by atoms with Crippen LogP contribution in [0.15, 0.2) is 53.2 Å². The van der Waals surface area contributed by atoms with Gasteiger partial charge in [-0.15, -0.1) is 21.5 Å². The molecule has 0 saturated carbocycles.